The highest BCUT2D eigenvalue weighted by atomic mass is 15.2. The van der Waals surface area contributed by atoms with Crippen molar-refractivity contribution < 1.29 is 0 Å². The van der Waals surface area contributed by atoms with Gasteiger partial charge in [0.2, 0.25) is 0 Å². The fourth-order valence-corrected chi connectivity index (χ4v) is 3.90. The zero-order valence-corrected chi connectivity index (χ0v) is 12.2. The van der Waals surface area contributed by atoms with Crippen LogP contribution in [0.1, 0.15) is 36.4 Å². The highest BCUT2D eigenvalue weighted by Crippen LogP contribution is 2.38. The second-order valence-electron chi connectivity index (χ2n) is 6.42. The third-order valence-electron chi connectivity index (χ3n) is 5.07. The molecule has 1 aliphatic heterocycles. The summed E-state index contributed by atoms with van der Waals surface area (Å²) in [7, 11) is 2.08. The second-order valence-corrected chi connectivity index (χ2v) is 6.42. The predicted octanol–water partition coefficient (Wildman–Crippen LogP) is 2.99. The second kappa shape index (κ2) is 5.64. The smallest absolute Gasteiger partial charge is 0.0446 e. The van der Waals surface area contributed by atoms with Crippen molar-refractivity contribution in [3.63, 3.8) is 0 Å². The molecule has 2 nitrogen and oxygen atoms in total. The maximum Gasteiger partial charge on any atom is 0.0446 e. The number of hydrogen-bond acceptors (Lipinski definition) is 2. The summed E-state index contributed by atoms with van der Waals surface area (Å²) in [6, 6.07) is 9.46. The maximum absolute atomic E-state index is 3.49. The van der Waals surface area contributed by atoms with Gasteiger partial charge in [-0.1, -0.05) is 36.2 Å². The first-order valence-corrected chi connectivity index (χ1v) is 7.72. The van der Waals surface area contributed by atoms with E-state index >= 15 is 0 Å². The number of benzene rings is 1. The lowest BCUT2D eigenvalue weighted by Crippen LogP contribution is -2.33. The van der Waals surface area contributed by atoms with E-state index in [4.69, 9.17) is 0 Å². The van der Waals surface area contributed by atoms with Crippen LogP contribution in [0.15, 0.2) is 24.3 Å². The zero-order valence-electron chi connectivity index (χ0n) is 12.2. The Morgan fingerprint density at radius 2 is 1.79 bits per heavy atom. The van der Waals surface area contributed by atoms with E-state index in [9.17, 15) is 0 Å². The van der Waals surface area contributed by atoms with Crippen molar-refractivity contribution in [1.82, 2.24) is 10.2 Å². The zero-order chi connectivity index (χ0) is 13.2. The summed E-state index contributed by atoms with van der Waals surface area (Å²) in [5.41, 5.74) is 2.76. The van der Waals surface area contributed by atoms with Crippen LogP contribution in [-0.2, 0) is 0 Å². The van der Waals surface area contributed by atoms with E-state index in [0.717, 1.165) is 18.4 Å². The van der Waals surface area contributed by atoms with Crippen LogP contribution in [0.25, 0.3) is 0 Å². The van der Waals surface area contributed by atoms with Gasteiger partial charge in [0, 0.05) is 25.7 Å². The molecule has 1 aromatic rings. The summed E-state index contributed by atoms with van der Waals surface area (Å²) in [6.07, 6.45) is 4.41. The molecule has 0 aromatic heterocycles. The Bertz CT molecular complexity index is 400. The SMILES string of the molecule is CNC(CN1CC2CCCC2C1)c1ccc(C)cc1. The molecular weight excluding hydrogens is 232 g/mol. The molecule has 3 unspecified atom stereocenters. The molecule has 2 fully saturated rings. The molecule has 1 saturated carbocycles. The van der Waals surface area contributed by atoms with E-state index < -0.39 is 0 Å². The summed E-state index contributed by atoms with van der Waals surface area (Å²) >= 11 is 0. The van der Waals surface area contributed by atoms with Crippen LogP contribution in [-0.4, -0.2) is 31.6 Å². The van der Waals surface area contributed by atoms with Crippen LogP contribution in [0.2, 0.25) is 0 Å². The third-order valence-corrected chi connectivity index (χ3v) is 5.07. The van der Waals surface area contributed by atoms with Gasteiger partial charge in [-0.3, -0.25) is 0 Å². The molecule has 0 amide bonds. The lowest BCUT2D eigenvalue weighted by atomic mass is 10.0. The molecule has 3 atom stereocenters. The largest absolute Gasteiger partial charge is 0.312 e. The number of hydrogen-bond donors (Lipinski definition) is 1. The number of likely N-dealkylation sites (N-methyl/N-ethyl adjacent to an activating group) is 1. The van der Waals surface area contributed by atoms with Gasteiger partial charge in [0.15, 0.2) is 0 Å². The molecule has 104 valence electrons. The van der Waals surface area contributed by atoms with E-state index in [1.54, 1.807) is 0 Å². The molecule has 0 radical (unpaired) electrons. The van der Waals surface area contributed by atoms with Gasteiger partial charge in [0.25, 0.3) is 0 Å². The molecule has 3 rings (SSSR count). The van der Waals surface area contributed by atoms with Crippen molar-refractivity contribution in [2.45, 2.75) is 32.2 Å². The van der Waals surface area contributed by atoms with Gasteiger partial charge in [-0.15, -0.1) is 0 Å². The molecule has 1 aliphatic carbocycles. The van der Waals surface area contributed by atoms with Crippen molar-refractivity contribution in [3.05, 3.63) is 35.4 Å². The van der Waals surface area contributed by atoms with Crippen LogP contribution in [0.5, 0.6) is 0 Å². The first-order chi connectivity index (χ1) is 9.26. The molecular formula is C17H26N2. The fraction of sp³-hybridized carbons (Fsp3) is 0.647. The van der Waals surface area contributed by atoms with Crippen LogP contribution in [0.4, 0.5) is 0 Å². The van der Waals surface area contributed by atoms with Gasteiger partial charge in [-0.05, 0) is 44.2 Å². The van der Waals surface area contributed by atoms with Crippen molar-refractivity contribution in [2.75, 3.05) is 26.7 Å². The quantitative estimate of drug-likeness (QED) is 0.893. The summed E-state index contributed by atoms with van der Waals surface area (Å²) in [4.78, 5) is 2.68. The minimum absolute atomic E-state index is 0.472. The molecule has 1 heterocycles. The number of likely N-dealkylation sites (tertiary alicyclic amines) is 1. The highest BCUT2D eigenvalue weighted by Gasteiger charge is 2.36. The first kappa shape index (κ1) is 13.1. The topological polar surface area (TPSA) is 15.3 Å². The standard InChI is InChI=1S/C17H26N2/c1-13-6-8-14(9-7-13)17(18-2)12-19-10-15-4-3-5-16(15)11-19/h6-9,15-18H,3-5,10-12H2,1-2H3. The summed E-state index contributed by atoms with van der Waals surface area (Å²) in [6.45, 7) is 5.97. The number of nitrogens with zero attached hydrogens (tertiary/aromatic N) is 1. The Labute approximate surface area is 117 Å². The van der Waals surface area contributed by atoms with Gasteiger partial charge in [0.1, 0.15) is 0 Å². The monoisotopic (exact) mass is 258 g/mol. The lowest BCUT2D eigenvalue weighted by Gasteiger charge is -2.24. The average Bonchev–Trinajstić information content (AvgIpc) is 2.98. The van der Waals surface area contributed by atoms with Crippen molar-refractivity contribution in [2.24, 2.45) is 11.8 Å². The van der Waals surface area contributed by atoms with Gasteiger partial charge in [0.05, 0.1) is 0 Å². The molecule has 0 spiro atoms. The molecule has 2 heteroatoms. The Balaban J connectivity index is 1.62. The summed E-state index contributed by atoms with van der Waals surface area (Å²) in [5.74, 6) is 1.99. The van der Waals surface area contributed by atoms with E-state index in [0.29, 0.717) is 6.04 Å². The number of nitrogens with one attached hydrogen (secondary N) is 1. The van der Waals surface area contributed by atoms with Crippen LogP contribution >= 0.6 is 0 Å². The minimum Gasteiger partial charge on any atom is -0.312 e. The third kappa shape index (κ3) is 2.85. The Morgan fingerprint density at radius 1 is 1.16 bits per heavy atom. The van der Waals surface area contributed by atoms with Crippen LogP contribution in [0, 0.1) is 18.8 Å². The Hall–Kier alpha value is -0.860. The lowest BCUT2D eigenvalue weighted by molar-refractivity contribution is 0.278. The van der Waals surface area contributed by atoms with Crippen molar-refractivity contribution in [1.29, 1.82) is 0 Å². The number of fused-ring (bicyclic) bond motifs is 1. The number of rotatable bonds is 4. The van der Waals surface area contributed by atoms with Gasteiger partial charge in [-0.25, -0.2) is 0 Å². The van der Waals surface area contributed by atoms with E-state index in [-0.39, 0.29) is 0 Å². The summed E-state index contributed by atoms with van der Waals surface area (Å²) < 4.78 is 0. The molecule has 0 bridgehead atoms. The predicted molar refractivity (Wildman–Crippen MR) is 80.3 cm³/mol. The molecule has 1 N–H and O–H groups in total. The van der Waals surface area contributed by atoms with Crippen molar-refractivity contribution >= 4 is 0 Å². The normalized spacial score (nSPS) is 28.5. The van der Waals surface area contributed by atoms with E-state index in [1.165, 1.54) is 43.5 Å². The molecule has 19 heavy (non-hydrogen) atoms. The van der Waals surface area contributed by atoms with Gasteiger partial charge in [-0.2, -0.15) is 0 Å². The summed E-state index contributed by atoms with van der Waals surface area (Å²) in [5, 5.41) is 3.49. The van der Waals surface area contributed by atoms with E-state index in [1.807, 2.05) is 0 Å². The van der Waals surface area contributed by atoms with Crippen LogP contribution in [0.3, 0.4) is 0 Å². The Kier molecular flexibility index (Phi) is 3.90. The molecule has 1 aromatic carbocycles. The first-order valence-electron chi connectivity index (χ1n) is 7.72. The minimum atomic E-state index is 0.472. The highest BCUT2D eigenvalue weighted by molar-refractivity contribution is 5.24. The maximum atomic E-state index is 3.49. The van der Waals surface area contributed by atoms with Crippen molar-refractivity contribution in [3.8, 4) is 0 Å². The Morgan fingerprint density at radius 3 is 2.37 bits per heavy atom. The van der Waals surface area contributed by atoms with Crippen LogP contribution < -0.4 is 5.32 Å². The number of aryl methyl sites for hydroxylation is 1. The molecule has 1 saturated heterocycles. The fourth-order valence-electron chi connectivity index (χ4n) is 3.90. The van der Waals surface area contributed by atoms with E-state index in [2.05, 4.69) is 48.5 Å². The van der Waals surface area contributed by atoms with Gasteiger partial charge < -0.3 is 10.2 Å². The molecule has 2 aliphatic rings. The average molecular weight is 258 g/mol. The van der Waals surface area contributed by atoms with Gasteiger partial charge >= 0.3 is 0 Å².